The van der Waals surface area contributed by atoms with E-state index in [0.29, 0.717) is 11.1 Å². The highest BCUT2D eigenvalue weighted by Crippen LogP contribution is 2.33. The van der Waals surface area contributed by atoms with Gasteiger partial charge in [-0.15, -0.1) is 10.2 Å². The lowest BCUT2D eigenvalue weighted by Gasteiger charge is -2.10. The maximum absolute atomic E-state index is 12.5. The van der Waals surface area contributed by atoms with E-state index in [-0.39, 0.29) is 11.7 Å². The van der Waals surface area contributed by atoms with E-state index < -0.39 is 0 Å². The minimum Gasteiger partial charge on any atom is -0.411 e. The van der Waals surface area contributed by atoms with Gasteiger partial charge in [0.25, 0.3) is 5.22 Å². The zero-order chi connectivity index (χ0) is 20.8. The number of nitrogens with zero attached hydrogens (tertiary/aromatic N) is 2. The molecule has 0 radical (unpaired) electrons. The van der Waals surface area contributed by atoms with Gasteiger partial charge in [0.1, 0.15) is 0 Å². The molecule has 0 unspecified atom stereocenters. The normalized spacial score (nSPS) is 10.7. The molecule has 4 rings (SSSR count). The van der Waals surface area contributed by atoms with E-state index >= 15 is 0 Å². The van der Waals surface area contributed by atoms with Crippen LogP contribution in [0.5, 0.6) is 0 Å². The van der Waals surface area contributed by atoms with Crippen molar-refractivity contribution in [2.75, 3.05) is 11.1 Å². The molecule has 7 heteroatoms. The second-order valence-electron chi connectivity index (χ2n) is 6.44. The Bertz CT molecular complexity index is 1150. The summed E-state index contributed by atoms with van der Waals surface area (Å²) in [6, 6.07) is 25.6. The Kier molecular flexibility index (Phi) is 6.51. The van der Waals surface area contributed by atoms with Crippen LogP contribution in [0.3, 0.4) is 0 Å². The predicted molar refractivity (Wildman–Crippen MR) is 121 cm³/mol. The summed E-state index contributed by atoms with van der Waals surface area (Å²) in [6.45, 7) is 1.99. The number of thioether (sulfide) groups is 1. The summed E-state index contributed by atoms with van der Waals surface area (Å²) in [7, 11) is 0. The Morgan fingerprint density at radius 3 is 2.50 bits per heavy atom. The first kappa shape index (κ1) is 20.3. The fourth-order valence-electron chi connectivity index (χ4n) is 2.78. The fraction of sp³-hybridized carbons (Fsp3) is 0.0870. The van der Waals surface area contributed by atoms with Crippen LogP contribution in [-0.4, -0.2) is 21.9 Å². The first-order valence-electron chi connectivity index (χ1n) is 9.33. The molecule has 0 saturated heterocycles. The maximum Gasteiger partial charge on any atom is 0.277 e. The van der Waals surface area contributed by atoms with Gasteiger partial charge in [0, 0.05) is 15.4 Å². The second kappa shape index (κ2) is 9.65. The van der Waals surface area contributed by atoms with Gasteiger partial charge in [-0.1, -0.05) is 72.1 Å². The number of aryl methyl sites for hydroxylation is 1. The first-order valence-corrected chi connectivity index (χ1v) is 11.1. The zero-order valence-corrected chi connectivity index (χ0v) is 17.9. The third kappa shape index (κ3) is 5.11. The highest BCUT2D eigenvalue weighted by atomic mass is 32.2. The quantitative estimate of drug-likeness (QED) is 0.365. The number of aromatic nitrogens is 2. The van der Waals surface area contributed by atoms with Gasteiger partial charge in [0.05, 0.1) is 11.4 Å². The molecule has 0 fully saturated rings. The van der Waals surface area contributed by atoms with Gasteiger partial charge in [0.15, 0.2) is 0 Å². The molecule has 1 N–H and O–H groups in total. The van der Waals surface area contributed by atoms with E-state index in [0.717, 1.165) is 26.6 Å². The fourth-order valence-corrected chi connectivity index (χ4v) is 4.26. The van der Waals surface area contributed by atoms with Crippen molar-refractivity contribution in [3.8, 4) is 11.5 Å². The molecule has 1 aromatic heterocycles. The number of nitrogens with one attached hydrogen (secondary N) is 1. The molecule has 4 aromatic rings. The van der Waals surface area contributed by atoms with Crippen LogP contribution in [0.15, 0.2) is 98.3 Å². The Balaban J connectivity index is 1.38. The molecule has 30 heavy (non-hydrogen) atoms. The smallest absolute Gasteiger partial charge is 0.277 e. The standard InChI is InChI=1S/C23H19N3O2S2/c1-16-9-5-6-12-18(16)22-25-26-23(28-22)29-15-21(27)24-19-13-7-8-14-20(19)30-17-10-3-2-4-11-17/h2-14H,15H2,1H3,(H,24,27). The van der Waals surface area contributed by atoms with Gasteiger partial charge in [-0.3, -0.25) is 4.79 Å². The van der Waals surface area contributed by atoms with Gasteiger partial charge in [0.2, 0.25) is 11.8 Å². The summed E-state index contributed by atoms with van der Waals surface area (Å²) >= 11 is 2.83. The number of carbonyl (C=O) groups excluding carboxylic acids is 1. The Labute approximate surface area is 183 Å². The summed E-state index contributed by atoms with van der Waals surface area (Å²) in [4.78, 5) is 14.6. The van der Waals surface area contributed by atoms with Crippen molar-refractivity contribution in [2.45, 2.75) is 21.9 Å². The van der Waals surface area contributed by atoms with Crippen molar-refractivity contribution in [2.24, 2.45) is 0 Å². The molecule has 5 nitrogen and oxygen atoms in total. The van der Waals surface area contributed by atoms with Gasteiger partial charge in [-0.2, -0.15) is 0 Å². The lowest BCUT2D eigenvalue weighted by molar-refractivity contribution is -0.113. The highest BCUT2D eigenvalue weighted by molar-refractivity contribution is 8.00. The van der Waals surface area contributed by atoms with Gasteiger partial charge < -0.3 is 9.73 Å². The van der Waals surface area contributed by atoms with Crippen LogP contribution in [-0.2, 0) is 4.79 Å². The molecule has 1 amide bonds. The molecule has 0 bridgehead atoms. The van der Waals surface area contributed by atoms with E-state index in [1.807, 2.05) is 85.8 Å². The van der Waals surface area contributed by atoms with Gasteiger partial charge >= 0.3 is 0 Å². The summed E-state index contributed by atoms with van der Waals surface area (Å²) in [6.07, 6.45) is 0. The summed E-state index contributed by atoms with van der Waals surface area (Å²) in [5, 5.41) is 11.5. The Morgan fingerprint density at radius 1 is 0.933 bits per heavy atom. The van der Waals surface area contributed by atoms with Crippen LogP contribution < -0.4 is 5.32 Å². The summed E-state index contributed by atoms with van der Waals surface area (Å²) in [5.74, 6) is 0.511. The van der Waals surface area contributed by atoms with Crippen molar-refractivity contribution >= 4 is 35.1 Å². The third-order valence-electron chi connectivity index (χ3n) is 4.24. The number of carbonyl (C=O) groups is 1. The number of hydrogen-bond acceptors (Lipinski definition) is 6. The van der Waals surface area contributed by atoms with Crippen molar-refractivity contribution in [3.63, 3.8) is 0 Å². The minimum atomic E-state index is -0.128. The average molecular weight is 434 g/mol. The van der Waals surface area contributed by atoms with E-state index in [9.17, 15) is 4.79 Å². The highest BCUT2D eigenvalue weighted by Gasteiger charge is 2.13. The minimum absolute atomic E-state index is 0.128. The van der Waals surface area contributed by atoms with E-state index in [1.54, 1.807) is 11.8 Å². The number of hydrogen-bond donors (Lipinski definition) is 1. The molecular weight excluding hydrogens is 414 g/mol. The molecule has 0 aliphatic heterocycles. The number of amides is 1. The Hall–Kier alpha value is -3.03. The van der Waals surface area contributed by atoms with Crippen LogP contribution >= 0.6 is 23.5 Å². The van der Waals surface area contributed by atoms with Crippen LogP contribution in [0.4, 0.5) is 5.69 Å². The molecular formula is C23H19N3O2S2. The zero-order valence-electron chi connectivity index (χ0n) is 16.2. The average Bonchev–Trinajstić information content (AvgIpc) is 3.24. The second-order valence-corrected chi connectivity index (χ2v) is 8.48. The molecule has 3 aromatic carbocycles. The van der Waals surface area contributed by atoms with E-state index in [1.165, 1.54) is 11.8 Å². The monoisotopic (exact) mass is 433 g/mol. The molecule has 1 heterocycles. The first-order chi connectivity index (χ1) is 14.7. The molecule has 0 atom stereocenters. The number of rotatable bonds is 7. The largest absolute Gasteiger partial charge is 0.411 e. The maximum atomic E-state index is 12.5. The predicted octanol–water partition coefficient (Wildman–Crippen LogP) is 5.93. The van der Waals surface area contributed by atoms with Crippen LogP contribution in [0.1, 0.15) is 5.56 Å². The van der Waals surface area contributed by atoms with Crippen LogP contribution in [0.25, 0.3) is 11.5 Å². The number of benzene rings is 3. The van der Waals surface area contributed by atoms with E-state index in [2.05, 4.69) is 15.5 Å². The number of anilines is 1. The lowest BCUT2D eigenvalue weighted by atomic mass is 10.1. The molecule has 150 valence electrons. The van der Waals surface area contributed by atoms with Gasteiger partial charge in [-0.25, -0.2) is 0 Å². The van der Waals surface area contributed by atoms with E-state index in [4.69, 9.17) is 4.42 Å². The molecule has 0 spiro atoms. The Morgan fingerprint density at radius 2 is 1.67 bits per heavy atom. The van der Waals surface area contributed by atoms with Crippen LogP contribution in [0.2, 0.25) is 0 Å². The summed E-state index contributed by atoms with van der Waals surface area (Å²) in [5.41, 5.74) is 2.74. The number of para-hydroxylation sites is 1. The topological polar surface area (TPSA) is 68.0 Å². The molecule has 0 aliphatic carbocycles. The molecule has 0 aliphatic rings. The lowest BCUT2D eigenvalue weighted by Crippen LogP contribution is -2.14. The summed E-state index contributed by atoms with van der Waals surface area (Å²) < 4.78 is 5.71. The van der Waals surface area contributed by atoms with Crippen molar-refractivity contribution in [3.05, 3.63) is 84.4 Å². The van der Waals surface area contributed by atoms with Crippen LogP contribution in [0, 0.1) is 6.92 Å². The third-order valence-corrected chi connectivity index (χ3v) is 6.14. The molecule has 0 saturated carbocycles. The van der Waals surface area contributed by atoms with Crippen molar-refractivity contribution < 1.29 is 9.21 Å². The van der Waals surface area contributed by atoms with Crippen molar-refractivity contribution in [1.82, 2.24) is 10.2 Å². The van der Waals surface area contributed by atoms with Gasteiger partial charge in [-0.05, 0) is 42.8 Å². The van der Waals surface area contributed by atoms with Crippen molar-refractivity contribution in [1.29, 1.82) is 0 Å². The SMILES string of the molecule is Cc1ccccc1-c1nnc(SCC(=O)Nc2ccccc2Sc2ccccc2)o1.